The number of anilines is 1. The lowest BCUT2D eigenvalue weighted by Crippen LogP contribution is -2.29. The standard InChI is InChI=1S/C20H15N3O3/c1-14(20(25)23-18-4-2-3-17(11-18)13-22)26-19(24)10-9-15-5-7-16(12-21)8-6-15/h2-11,14H,1H3,(H,23,25)/b10-9+/t14-/m1/s1. The van der Waals surface area contributed by atoms with E-state index in [-0.39, 0.29) is 0 Å². The molecule has 1 atom stereocenters. The highest BCUT2D eigenvalue weighted by Crippen LogP contribution is 2.11. The summed E-state index contributed by atoms with van der Waals surface area (Å²) in [4.78, 5) is 23.9. The summed E-state index contributed by atoms with van der Waals surface area (Å²) >= 11 is 0. The van der Waals surface area contributed by atoms with Crippen molar-refractivity contribution in [1.29, 1.82) is 10.5 Å². The van der Waals surface area contributed by atoms with Crippen LogP contribution in [0.3, 0.4) is 0 Å². The van der Waals surface area contributed by atoms with E-state index in [0.717, 1.165) is 5.56 Å². The second-order valence-corrected chi connectivity index (χ2v) is 5.33. The van der Waals surface area contributed by atoms with Gasteiger partial charge in [-0.15, -0.1) is 0 Å². The maximum atomic E-state index is 12.1. The van der Waals surface area contributed by atoms with Crippen molar-refractivity contribution in [2.75, 3.05) is 5.32 Å². The first kappa shape index (κ1) is 18.4. The Morgan fingerprint density at radius 3 is 2.42 bits per heavy atom. The van der Waals surface area contributed by atoms with Crippen LogP contribution in [0.1, 0.15) is 23.6 Å². The highest BCUT2D eigenvalue weighted by molar-refractivity contribution is 5.96. The third-order valence-electron chi connectivity index (χ3n) is 3.37. The molecule has 0 unspecified atom stereocenters. The molecule has 6 heteroatoms. The maximum Gasteiger partial charge on any atom is 0.331 e. The van der Waals surface area contributed by atoms with Gasteiger partial charge in [0.1, 0.15) is 0 Å². The Hall–Kier alpha value is -3.90. The molecular formula is C20H15N3O3. The average molecular weight is 345 g/mol. The lowest BCUT2D eigenvalue weighted by atomic mass is 10.1. The van der Waals surface area contributed by atoms with Gasteiger partial charge in [-0.3, -0.25) is 4.79 Å². The Morgan fingerprint density at radius 1 is 1.08 bits per heavy atom. The van der Waals surface area contributed by atoms with Crippen LogP contribution in [-0.2, 0) is 14.3 Å². The van der Waals surface area contributed by atoms with Crippen LogP contribution in [0.4, 0.5) is 5.69 Å². The van der Waals surface area contributed by atoms with Gasteiger partial charge in [-0.05, 0) is 48.9 Å². The van der Waals surface area contributed by atoms with E-state index in [0.29, 0.717) is 16.8 Å². The molecule has 0 aromatic heterocycles. The summed E-state index contributed by atoms with van der Waals surface area (Å²) in [5, 5.41) is 20.2. The number of hydrogen-bond donors (Lipinski definition) is 1. The first-order valence-corrected chi connectivity index (χ1v) is 7.71. The van der Waals surface area contributed by atoms with Crippen LogP contribution in [0.15, 0.2) is 54.6 Å². The van der Waals surface area contributed by atoms with E-state index in [1.54, 1.807) is 42.5 Å². The Bertz CT molecular complexity index is 919. The number of benzene rings is 2. The van der Waals surface area contributed by atoms with Gasteiger partial charge in [-0.2, -0.15) is 10.5 Å². The van der Waals surface area contributed by atoms with Crippen molar-refractivity contribution < 1.29 is 14.3 Å². The number of hydrogen-bond acceptors (Lipinski definition) is 5. The van der Waals surface area contributed by atoms with Crippen LogP contribution in [-0.4, -0.2) is 18.0 Å². The van der Waals surface area contributed by atoms with Gasteiger partial charge in [0.15, 0.2) is 6.10 Å². The molecule has 0 heterocycles. The van der Waals surface area contributed by atoms with Crippen LogP contribution >= 0.6 is 0 Å². The number of carbonyl (C=O) groups is 2. The highest BCUT2D eigenvalue weighted by Gasteiger charge is 2.16. The predicted molar refractivity (Wildman–Crippen MR) is 95.5 cm³/mol. The fourth-order valence-electron chi connectivity index (χ4n) is 2.01. The maximum absolute atomic E-state index is 12.1. The second-order valence-electron chi connectivity index (χ2n) is 5.33. The summed E-state index contributed by atoms with van der Waals surface area (Å²) in [5.41, 5.74) is 2.12. The molecule has 0 saturated carbocycles. The van der Waals surface area contributed by atoms with Gasteiger partial charge < -0.3 is 10.1 Å². The first-order valence-electron chi connectivity index (χ1n) is 7.71. The summed E-state index contributed by atoms with van der Waals surface area (Å²) in [7, 11) is 0. The molecule has 0 saturated heterocycles. The van der Waals surface area contributed by atoms with Crippen LogP contribution in [0.25, 0.3) is 6.08 Å². The lowest BCUT2D eigenvalue weighted by molar-refractivity contribution is -0.148. The Balaban J connectivity index is 1.90. The zero-order chi connectivity index (χ0) is 18.9. The molecule has 0 aliphatic heterocycles. The van der Waals surface area contributed by atoms with Gasteiger partial charge in [0.05, 0.1) is 23.3 Å². The number of ether oxygens (including phenoxy) is 1. The van der Waals surface area contributed by atoms with E-state index in [9.17, 15) is 9.59 Å². The molecule has 0 aliphatic carbocycles. The van der Waals surface area contributed by atoms with Gasteiger partial charge in [0.25, 0.3) is 5.91 Å². The van der Waals surface area contributed by atoms with Crippen molar-refractivity contribution in [3.05, 3.63) is 71.3 Å². The highest BCUT2D eigenvalue weighted by atomic mass is 16.5. The molecule has 0 spiro atoms. The molecule has 1 amide bonds. The van der Waals surface area contributed by atoms with Crippen LogP contribution < -0.4 is 5.32 Å². The van der Waals surface area contributed by atoms with E-state index >= 15 is 0 Å². The van der Waals surface area contributed by atoms with Crippen molar-refractivity contribution in [1.82, 2.24) is 0 Å². The molecule has 0 radical (unpaired) electrons. The van der Waals surface area contributed by atoms with E-state index in [2.05, 4.69) is 5.32 Å². The Labute approximate surface area is 150 Å². The molecule has 2 rings (SSSR count). The SMILES string of the molecule is C[C@@H](OC(=O)/C=C/c1ccc(C#N)cc1)C(=O)Nc1cccc(C#N)c1. The number of amides is 1. The Kier molecular flexibility index (Phi) is 6.25. The third-order valence-corrected chi connectivity index (χ3v) is 3.37. The number of nitriles is 2. The summed E-state index contributed by atoms with van der Waals surface area (Å²) < 4.78 is 5.05. The fourth-order valence-corrected chi connectivity index (χ4v) is 2.01. The minimum absolute atomic E-state index is 0.415. The predicted octanol–water partition coefficient (Wildman–Crippen LogP) is 3.01. The minimum atomic E-state index is -1.00. The van der Waals surface area contributed by atoms with Crippen molar-refractivity contribution >= 4 is 23.6 Å². The van der Waals surface area contributed by atoms with E-state index in [1.165, 1.54) is 25.1 Å². The zero-order valence-electron chi connectivity index (χ0n) is 14.0. The van der Waals surface area contributed by atoms with Crippen LogP contribution in [0, 0.1) is 22.7 Å². The largest absolute Gasteiger partial charge is 0.449 e. The van der Waals surface area contributed by atoms with Crippen molar-refractivity contribution in [3.8, 4) is 12.1 Å². The van der Waals surface area contributed by atoms with Gasteiger partial charge in [-0.25, -0.2) is 4.79 Å². The van der Waals surface area contributed by atoms with Gasteiger partial charge >= 0.3 is 5.97 Å². The summed E-state index contributed by atoms with van der Waals surface area (Å²) in [6.45, 7) is 1.46. The lowest BCUT2D eigenvalue weighted by Gasteiger charge is -2.12. The topological polar surface area (TPSA) is 103 Å². The van der Waals surface area contributed by atoms with Crippen molar-refractivity contribution in [3.63, 3.8) is 0 Å². The van der Waals surface area contributed by atoms with Gasteiger partial charge in [0.2, 0.25) is 0 Å². The van der Waals surface area contributed by atoms with Gasteiger partial charge in [0, 0.05) is 11.8 Å². The minimum Gasteiger partial charge on any atom is -0.449 e. The monoisotopic (exact) mass is 345 g/mol. The fraction of sp³-hybridized carbons (Fsp3) is 0.100. The molecule has 2 aromatic rings. The van der Waals surface area contributed by atoms with Crippen molar-refractivity contribution in [2.24, 2.45) is 0 Å². The molecule has 26 heavy (non-hydrogen) atoms. The normalized spacial score (nSPS) is 11.2. The smallest absolute Gasteiger partial charge is 0.331 e. The molecule has 128 valence electrons. The average Bonchev–Trinajstić information content (AvgIpc) is 2.66. The number of nitrogens with zero attached hydrogens (tertiary/aromatic N) is 2. The number of esters is 1. The third kappa shape index (κ3) is 5.33. The van der Waals surface area contributed by atoms with Crippen LogP contribution in [0.5, 0.6) is 0 Å². The van der Waals surface area contributed by atoms with Crippen molar-refractivity contribution in [2.45, 2.75) is 13.0 Å². The number of carbonyl (C=O) groups excluding carboxylic acids is 2. The summed E-state index contributed by atoms with van der Waals surface area (Å²) in [6.07, 6.45) is 1.74. The molecule has 1 N–H and O–H groups in total. The van der Waals surface area contributed by atoms with E-state index < -0.39 is 18.0 Å². The Morgan fingerprint density at radius 2 is 1.77 bits per heavy atom. The molecule has 2 aromatic carbocycles. The number of rotatable bonds is 5. The first-order chi connectivity index (χ1) is 12.5. The zero-order valence-corrected chi connectivity index (χ0v) is 14.0. The summed E-state index contributed by atoms with van der Waals surface area (Å²) in [5.74, 6) is -1.16. The molecule has 6 nitrogen and oxygen atoms in total. The van der Waals surface area contributed by atoms with E-state index in [1.807, 2.05) is 12.1 Å². The molecular weight excluding hydrogens is 330 g/mol. The quantitative estimate of drug-likeness (QED) is 0.663. The van der Waals surface area contributed by atoms with E-state index in [4.69, 9.17) is 15.3 Å². The van der Waals surface area contributed by atoms with Crippen LogP contribution in [0.2, 0.25) is 0 Å². The molecule has 0 aliphatic rings. The second kappa shape index (κ2) is 8.81. The summed E-state index contributed by atoms with van der Waals surface area (Å²) in [6, 6.07) is 17.1. The molecule has 0 bridgehead atoms. The van der Waals surface area contributed by atoms with Gasteiger partial charge in [-0.1, -0.05) is 18.2 Å². The molecule has 0 fully saturated rings. The number of nitrogens with one attached hydrogen (secondary N) is 1.